The van der Waals surface area contributed by atoms with Gasteiger partial charge in [0.15, 0.2) is 0 Å². The predicted octanol–water partition coefficient (Wildman–Crippen LogP) is 4.41. The van der Waals surface area contributed by atoms with Crippen LogP contribution in [-0.2, 0) is 0 Å². The Labute approximate surface area is 149 Å². The van der Waals surface area contributed by atoms with Crippen molar-refractivity contribution in [2.45, 2.75) is 13.8 Å². The van der Waals surface area contributed by atoms with Crippen LogP contribution in [0.15, 0.2) is 59.4 Å². The van der Waals surface area contributed by atoms with Crippen LogP contribution in [0.1, 0.15) is 11.4 Å². The van der Waals surface area contributed by atoms with Crippen molar-refractivity contribution >= 4 is 11.0 Å². The maximum Gasteiger partial charge on any atom is 0.249 e. The lowest BCUT2D eigenvalue weighted by Crippen LogP contribution is -2.04. The zero-order chi connectivity index (χ0) is 18.3. The van der Waals surface area contributed by atoms with Gasteiger partial charge in [0.05, 0.1) is 5.69 Å². The average Bonchev–Trinajstić information content (AvgIpc) is 2.60. The number of fused-ring (bicyclic) bond motifs is 1. The first-order chi connectivity index (χ1) is 12.5. The zero-order valence-electron chi connectivity index (χ0n) is 14.4. The summed E-state index contributed by atoms with van der Waals surface area (Å²) in [5, 5.41) is 0.831. The van der Waals surface area contributed by atoms with Gasteiger partial charge in [-0.25, -0.2) is 9.37 Å². The second kappa shape index (κ2) is 6.19. The topological polar surface area (TPSA) is 58.6 Å². The molecule has 4 rings (SSSR count). The van der Waals surface area contributed by atoms with E-state index in [1.54, 1.807) is 18.2 Å². The van der Waals surface area contributed by atoms with E-state index in [1.807, 2.05) is 32.0 Å². The first-order valence-corrected chi connectivity index (χ1v) is 8.25. The molecule has 0 unspecified atom stereocenters. The molecule has 0 radical (unpaired) electrons. The first kappa shape index (κ1) is 16.1. The number of benzene rings is 1. The van der Waals surface area contributed by atoms with E-state index >= 15 is 0 Å². The molecular weight excluding hydrogens is 329 g/mol. The molecule has 0 atom stereocenters. The van der Waals surface area contributed by atoms with Gasteiger partial charge in [-0.2, -0.15) is 0 Å². The summed E-state index contributed by atoms with van der Waals surface area (Å²) in [6.07, 6.45) is 0. The summed E-state index contributed by atoms with van der Waals surface area (Å²) >= 11 is 0. The second-order valence-corrected chi connectivity index (χ2v) is 6.29. The monoisotopic (exact) mass is 345 g/mol. The maximum absolute atomic E-state index is 13.4. The number of H-pyrrole nitrogens is 1. The first-order valence-electron chi connectivity index (χ1n) is 8.25. The number of pyridine rings is 3. The standard InChI is InChI=1S/C21H16FN3O/c1-12-9-16(10-13(2)23-12)18-11-15-5-8-19(26)24-21(15)25-20(18)14-3-6-17(22)7-4-14/h3-11H,1-2H3,(H,24,25,26). The average molecular weight is 345 g/mol. The number of hydrogen-bond acceptors (Lipinski definition) is 3. The highest BCUT2D eigenvalue weighted by atomic mass is 19.1. The van der Waals surface area contributed by atoms with Crippen LogP contribution >= 0.6 is 0 Å². The van der Waals surface area contributed by atoms with Crippen LogP contribution in [0.2, 0.25) is 0 Å². The third-order valence-electron chi connectivity index (χ3n) is 4.22. The van der Waals surface area contributed by atoms with Crippen molar-refractivity contribution in [1.29, 1.82) is 0 Å². The molecule has 0 saturated heterocycles. The Morgan fingerprint density at radius 2 is 1.54 bits per heavy atom. The van der Waals surface area contributed by atoms with E-state index in [2.05, 4.69) is 15.0 Å². The smallest absolute Gasteiger partial charge is 0.249 e. The van der Waals surface area contributed by atoms with Crippen LogP contribution in [-0.4, -0.2) is 15.0 Å². The molecule has 1 N–H and O–H groups in total. The molecule has 0 amide bonds. The number of halogens is 1. The van der Waals surface area contributed by atoms with Crippen LogP contribution in [0, 0.1) is 19.7 Å². The predicted molar refractivity (Wildman–Crippen MR) is 100 cm³/mol. The highest BCUT2D eigenvalue weighted by molar-refractivity contribution is 5.90. The Hall–Kier alpha value is -3.34. The fraction of sp³-hybridized carbons (Fsp3) is 0.0952. The molecule has 0 aliphatic heterocycles. The van der Waals surface area contributed by atoms with Gasteiger partial charge < -0.3 is 4.98 Å². The number of aryl methyl sites for hydroxylation is 2. The van der Waals surface area contributed by atoms with Crippen LogP contribution in [0.25, 0.3) is 33.4 Å². The molecule has 3 aromatic heterocycles. The molecule has 0 bridgehead atoms. The summed E-state index contributed by atoms with van der Waals surface area (Å²) in [5.74, 6) is -0.305. The van der Waals surface area contributed by atoms with Crippen molar-refractivity contribution in [3.8, 4) is 22.4 Å². The molecular formula is C21H16FN3O. The summed E-state index contributed by atoms with van der Waals surface area (Å²) in [4.78, 5) is 23.5. The Morgan fingerprint density at radius 3 is 2.23 bits per heavy atom. The van der Waals surface area contributed by atoms with E-state index in [0.717, 1.165) is 33.5 Å². The van der Waals surface area contributed by atoms with Crippen molar-refractivity contribution in [3.05, 3.63) is 82.2 Å². The van der Waals surface area contributed by atoms with Crippen LogP contribution < -0.4 is 5.56 Å². The molecule has 0 aliphatic rings. The minimum atomic E-state index is -0.305. The Bertz CT molecular complexity index is 1160. The van der Waals surface area contributed by atoms with Crippen molar-refractivity contribution in [2.24, 2.45) is 0 Å². The third-order valence-corrected chi connectivity index (χ3v) is 4.22. The Kier molecular flexibility index (Phi) is 3.84. The minimum Gasteiger partial charge on any atom is -0.307 e. The molecule has 1 aromatic carbocycles. The maximum atomic E-state index is 13.4. The van der Waals surface area contributed by atoms with E-state index in [4.69, 9.17) is 0 Å². The lowest BCUT2D eigenvalue weighted by molar-refractivity contribution is 0.628. The quantitative estimate of drug-likeness (QED) is 0.585. The molecule has 4 aromatic rings. The number of hydrogen-bond donors (Lipinski definition) is 1. The van der Waals surface area contributed by atoms with Gasteiger partial charge in [-0.3, -0.25) is 9.78 Å². The zero-order valence-corrected chi connectivity index (χ0v) is 14.4. The summed E-state index contributed by atoms with van der Waals surface area (Å²) in [6.45, 7) is 3.89. The number of rotatable bonds is 2. The molecule has 128 valence electrons. The summed E-state index contributed by atoms with van der Waals surface area (Å²) in [5.41, 5.74) is 5.46. The van der Waals surface area contributed by atoms with Gasteiger partial charge in [0.25, 0.3) is 0 Å². The van der Waals surface area contributed by atoms with Gasteiger partial charge in [0.2, 0.25) is 5.56 Å². The molecule has 0 fully saturated rings. The highest BCUT2D eigenvalue weighted by Gasteiger charge is 2.13. The van der Waals surface area contributed by atoms with Crippen molar-refractivity contribution < 1.29 is 4.39 Å². The van der Waals surface area contributed by atoms with Crippen LogP contribution in [0.4, 0.5) is 4.39 Å². The van der Waals surface area contributed by atoms with E-state index in [1.165, 1.54) is 18.2 Å². The lowest BCUT2D eigenvalue weighted by atomic mass is 9.97. The molecule has 4 nitrogen and oxygen atoms in total. The largest absolute Gasteiger partial charge is 0.307 e. The molecule has 26 heavy (non-hydrogen) atoms. The molecule has 0 saturated carbocycles. The SMILES string of the molecule is Cc1cc(-c2cc3ccc(=O)[nH]c3nc2-c2ccc(F)cc2)cc(C)n1. The molecule has 5 heteroatoms. The fourth-order valence-electron chi connectivity index (χ4n) is 3.12. The second-order valence-electron chi connectivity index (χ2n) is 6.29. The van der Waals surface area contributed by atoms with Gasteiger partial charge in [0.1, 0.15) is 11.5 Å². The third kappa shape index (κ3) is 2.99. The number of aromatic amines is 1. The lowest BCUT2D eigenvalue weighted by Gasteiger charge is -2.12. The van der Waals surface area contributed by atoms with Crippen molar-refractivity contribution in [1.82, 2.24) is 15.0 Å². The molecule has 0 aliphatic carbocycles. The highest BCUT2D eigenvalue weighted by Crippen LogP contribution is 2.33. The van der Waals surface area contributed by atoms with Gasteiger partial charge in [-0.1, -0.05) is 0 Å². The number of nitrogens with zero attached hydrogens (tertiary/aromatic N) is 2. The van der Waals surface area contributed by atoms with E-state index in [0.29, 0.717) is 11.3 Å². The van der Waals surface area contributed by atoms with Crippen LogP contribution in [0.3, 0.4) is 0 Å². The number of nitrogens with one attached hydrogen (secondary N) is 1. The van der Waals surface area contributed by atoms with Crippen LogP contribution in [0.5, 0.6) is 0 Å². The Morgan fingerprint density at radius 1 is 0.846 bits per heavy atom. The van der Waals surface area contributed by atoms with Gasteiger partial charge >= 0.3 is 0 Å². The molecule has 0 spiro atoms. The fourth-order valence-corrected chi connectivity index (χ4v) is 3.12. The van der Waals surface area contributed by atoms with Crippen molar-refractivity contribution in [3.63, 3.8) is 0 Å². The number of aromatic nitrogens is 3. The van der Waals surface area contributed by atoms with E-state index in [9.17, 15) is 9.18 Å². The summed E-state index contributed by atoms with van der Waals surface area (Å²) < 4.78 is 13.4. The van der Waals surface area contributed by atoms with E-state index < -0.39 is 0 Å². The van der Waals surface area contributed by atoms with Gasteiger partial charge in [0, 0.05) is 34.0 Å². The van der Waals surface area contributed by atoms with E-state index in [-0.39, 0.29) is 11.4 Å². The minimum absolute atomic E-state index is 0.210. The summed E-state index contributed by atoms with van der Waals surface area (Å²) in [7, 11) is 0. The normalized spacial score (nSPS) is 11.0. The van der Waals surface area contributed by atoms with Gasteiger partial charge in [-0.15, -0.1) is 0 Å². The summed E-state index contributed by atoms with van der Waals surface area (Å²) in [6, 6.07) is 15.4. The molecule has 3 heterocycles. The Balaban J connectivity index is 2.05. The van der Waals surface area contributed by atoms with Crippen molar-refractivity contribution in [2.75, 3.05) is 0 Å². The van der Waals surface area contributed by atoms with Gasteiger partial charge in [-0.05, 0) is 67.9 Å².